The molecule has 6 rings (SSSR count). The van der Waals surface area contributed by atoms with Crippen LogP contribution in [0.3, 0.4) is 0 Å². The number of cyclic esters (lactones) is 1. The predicted octanol–water partition coefficient (Wildman–Crippen LogP) is 2.16. The van der Waals surface area contributed by atoms with E-state index in [-0.39, 0.29) is 24.6 Å². The highest BCUT2D eigenvalue weighted by Crippen LogP contribution is 2.45. The van der Waals surface area contributed by atoms with E-state index in [0.29, 0.717) is 40.6 Å². The third-order valence-corrected chi connectivity index (χ3v) is 7.03. The fourth-order valence-electron chi connectivity index (χ4n) is 5.08. The molecule has 0 radical (unpaired) electrons. The summed E-state index contributed by atoms with van der Waals surface area (Å²) < 4.78 is 6.75. The normalized spacial score (nSPS) is 23.1. The van der Waals surface area contributed by atoms with Crippen LogP contribution >= 0.6 is 11.6 Å². The highest BCUT2D eigenvalue weighted by molar-refractivity contribution is 6.35. The van der Waals surface area contributed by atoms with Gasteiger partial charge in [0.15, 0.2) is 5.60 Å². The third-order valence-electron chi connectivity index (χ3n) is 6.72. The van der Waals surface area contributed by atoms with Crippen molar-refractivity contribution in [3.63, 3.8) is 0 Å². The molecule has 5 heterocycles. The van der Waals surface area contributed by atoms with E-state index in [1.165, 1.54) is 0 Å². The Morgan fingerprint density at radius 1 is 1.39 bits per heavy atom. The minimum Gasteiger partial charge on any atom is -0.458 e. The van der Waals surface area contributed by atoms with Crippen molar-refractivity contribution in [1.29, 1.82) is 0 Å². The minimum atomic E-state index is -1.85. The molecule has 2 aromatic heterocycles. The Morgan fingerprint density at radius 2 is 2.19 bits per heavy atom. The first-order valence-corrected chi connectivity index (χ1v) is 10.5. The Balaban J connectivity index is 1.69. The number of carbonyl (C=O) groups excluding carboxylic acids is 1. The van der Waals surface area contributed by atoms with E-state index in [0.717, 1.165) is 27.7 Å². The summed E-state index contributed by atoms with van der Waals surface area (Å²) in [7, 11) is 0. The fourth-order valence-corrected chi connectivity index (χ4v) is 5.30. The second-order valence-corrected chi connectivity index (χ2v) is 8.67. The van der Waals surface area contributed by atoms with Crippen molar-refractivity contribution in [2.75, 3.05) is 11.9 Å². The van der Waals surface area contributed by atoms with E-state index in [2.05, 4.69) is 5.32 Å². The molecule has 0 spiro atoms. The number of benzene rings is 1. The fraction of sp³-hybridized carbons (Fsp3) is 0.318. The van der Waals surface area contributed by atoms with Crippen LogP contribution in [0.4, 0.5) is 5.69 Å². The van der Waals surface area contributed by atoms with Gasteiger partial charge < -0.3 is 25.5 Å². The molecule has 0 fully saturated rings. The van der Waals surface area contributed by atoms with Gasteiger partial charge in [-0.05, 0) is 30.2 Å². The highest BCUT2D eigenvalue weighted by atomic mass is 35.5. The van der Waals surface area contributed by atoms with Crippen molar-refractivity contribution < 1.29 is 14.6 Å². The molecule has 3 aromatic rings. The van der Waals surface area contributed by atoms with Crippen molar-refractivity contribution in [1.82, 2.24) is 9.55 Å². The lowest BCUT2D eigenvalue weighted by atomic mass is 9.86. The molecular weight excluding hydrogens is 420 g/mol. The van der Waals surface area contributed by atoms with E-state index in [4.69, 9.17) is 27.1 Å². The standard InChI is InChI=1S/C22H19ClN4O4/c1-2-22(30)11-5-15-18-9(7-27(15)20(28)10(11)8-31-21(22)29)16-13(24)6-25-19-12(23)3-4-14(26-18)17(16)19/h3-5,13,25,30H,2,6-8,24H2,1H3/t13?,22-/m0/s1. The molecule has 31 heavy (non-hydrogen) atoms. The molecule has 1 unspecified atom stereocenters. The number of ether oxygens (including phenoxy) is 1. The number of esters is 1. The van der Waals surface area contributed by atoms with E-state index in [1.807, 2.05) is 6.07 Å². The van der Waals surface area contributed by atoms with Crippen LogP contribution in [0.1, 0.15) is 41.6 Å². The summed E-state index contributed by atoms with van der Waals surface area (Å²) in [6.45, 7) is 2.36. The van der Waals surface area contributed by atoms with E-state index in [1.54, 1.807) is 23.6 Å². The third kappa shape index (κ3) is 2.24. The van der Waals surface area contributed by atoms with E-state index < -0.39 is 11.6 Å². The molecule has 0 amide bonds. The average molecular weight is 439 g/mol. The number of nitrogens with zero attached hydrogens (tertiary/aromatic N) is 2. The van der Waals surface area contributed by atoms with Crippen LogP contribution in [-0.4, -0.2) is 27.2 Å². The maximum absolute atomic E-state index is 13.4. The molecule has 3 aliphatic rings. The summed E-state index contributed by atoms with van der Waals surface area (Å²) in [4.78, 5) is 30.5. The zero-order chi connectivity index (χ0) is 21.7. The first-order chi connectivity index (χ1) is 14.8. The first kappa shape index (κ1) is 18.8. The van der Waals surface area contributed by atoms with Gasteiger partial charge in [-0.2, -0.15) is 0 Å². The first-order valence-electron chi connectivity index (χ1n) is 10.2. The smallest absolute Gasteiger partial charge is 0.343 e. The van der Waals surface area contributed by atoms with Gasteiger partial charge in [-0.15, -0.1) is 0 Å². The van der Waals surface area contributed by atoms with Crippen molar-refractivity contribution >= 4 is 34.2 Å². The SMILES string of the molecule is CC[C@@]1(O)C(=O)OCc2c1cc1n(c2=O)Cc2c-1nc1ccc(Cl)c3c1c2C(N)CN3. The molecular formula is C22H19ClN4O4. The number of anilines is 1. The lowest BCUT2D eigenvalue weighted by Gasteiger charge is -2.31. The molecule has 0 aliphatic carbocycles. The molecule has 0 bridgehead atoms. The predicted molar refractivity (Wildman–Crippen MR) is 115 cm³/mol. The van der Waals surface area contributed by atoms with Gasteiger partial charge in [0.05, 0.1) is 39.7 Å². The average Bonchev–Trinajstić information content (AvgIpc) is 3.13. The molecule has 158 valence electrons. The second kappa shape index (κ2) is 6.06. The van der Waals surface area contributed by atoms with Crippen LogP contribution in [0.25, 0.3) is 22.3 Å². The van der Waals surface area contributed by atoms with Crippen LogP contribution in [0.5, 0.6) is 0 Å². The Kier molecular flexibility index (Phi) is 3.68. The number of pyridine rings is 2. The maximum Gasteiger partial charge on any atom is 0.343 e. The van der Waals surface area contributed by atoms with Crippen molar-refractivity contribution in [3.8, 4) is 11.4 Å². The molecule has 3 aliphatic heterocycles. The number of nitrogens with two attached hydrogens (primary N) is 1. The van der Waals surface area contributed by atoms with Gasteiger partial charge in [0.25, 0.3) is 5.56 Å². The summed E-state index contributed by atoms with van der Waals surface area (Å²) in [5.41, 5.74) is 9.47. The van der Waals surface area contributed by atoms with Crippen LogP contribution in [0.2, 0.25) is 5.02 Å². The summed E-state index contributed by atoms with van der Waals surface area (Å²) in [6.07, 6.45) is 0.101. The van der Waals surface area contributed by atoms with Gasteiger partial charge in [0.2, 0.25) is 0 Å². The molecule has 0 saturated carbocycles. The van der Waals surface area contributed by atoms with Gasteiger partial charge in [-0.25, -0.2) is 9.78 Å². The van der Waals surface area contributed by atoms with Crippen molar-refractivity contribution in [2.45, 2.75) is 38.1 Å². The number of aromatic nitrogens is 2. The second-order valence-electron chi connectivity index (χ2n) is 8.26. The molecule has 1 aromatic carbocycles. The van der Waals surface area contributed by atoms with Crippen molar-refractivity contribution in [2.24, 2.45) is 5.73 Å². The zero-order valence-corrected chi connectivity index (χ0v) is 17.4. The topological polar surface area (TPSA) is 119 Å². The molecule has 8 nitrogen and oxygen atoms in total. The number of carbonyl (C=O) groups is 1. The van der Waals surface area contributed by atoms with Gasteiger partial charge >= 0.3 is 5.97 Å². The van der Waals surface area contributed by atoms with Gasteiger partial charge in [0, 0.05) is 29.1 Å². The van der Waals surface area contributed by atoms with Crippen LogP contribution in [0, 0.1) is 0 Å². The Morgan fingerprint density at radius 3 is 2.97 bits per heavy atom. The maximum atomic E-state index is 13.4. The number of nitrogens with one attached hydrogen (secondary N) is 1. The summed E-state index contributed by atoms with van der Waals surface area (Å²) in [5, 5.41) is 15.8. The lowest BCUT2D eigenvalue weighted by molar-refractivity contribution is -0.172. The van der Waals surface area contributed by atoms with Crippen LogP contribution < -0.4 is 16.6 Å². The Hall–Kier alpha value is -2.94. The number of halogens is 1. The molecule has 2 atom stereocenters. The summed E-state index contributed by atoms with van der Waals surface area (Å²) >= 11 is 6.41. The summed E-state index contributed by atoms with van der Waals surface area (Å²) in [5.74, 6) is -0.737. The number of hydrogen-bond acceptors (Lipinski definition) is 7. The Bertz CT molecular complexity index is 1400. The number of rotatable bonds is 1. The largest absolute Gasteiger partial charge is 0.458 e. The van der Waals surface area contributed by atoms with Crippen LogP contribution in [-0.2, 0) is 28.3 Å². The van der Waals surface area contributed by atoms with E-state index >= 15 is 0 Å². The molecule has 4 N–H and O–H groups in total. The minimum absolute atomic E-state index is 0.101. The lowest BCUT2D eigenvalue weighted by Crippen LogP contribution is -2.44. The Labute approximate surface area is 181 Å². The monoisotopic (exact) mass is 438 g/mol. The zero-order valence-electron chi connectivity index (χ0n) is 16.7. The number of fused-ring (bicyclic) bond motifs is 5. The van der Waals surface area contributed by atoms with Crippen molar-refractivity contribution in [3.05, 3.63) is 55.8 Å². The van der Waals surface area contributed by atoms with Gasteiger partial charge in [0.1, 0.15) is 6.61 Å². The quantitative estimate of drug-likeness (QED) is 0.389. The van der Waals surface area contributed by atoms with Gasteiger partial charge in [-0.3, -0.25) is 4.79 Å². The number of aliphatic hydroxyl groups is 1. The summed E-state index contributed by atoms with van der Waals surface area (Å²) in [6, 6.07) is 5.04. The van der Waals surface area contributed by atoms with Gasteiger partial charge in [-0.1, -0.05) is 18.5 Å². The highest BCUT2D eigenvalue weighted by Gasteiger charge is 2.45. The number of hydrogen-bond donors (Lipinski definition) is 3. The molecule has 0 saturated heterocycles. The van der Waals surface area contributed by atoms with E-state index in [9.17, 15) is 14.7 Å². The van der Waals surface area contributed by atoms with Crippen LogP contribution in [0.15, 0.2) is 23.0 Å². The molecule has 9 heteroatoms.